The summed E-state index contributed by atoms with van der Waals surface area (Å²) in [5.41, 5.74) is 1.92. The monoisotopic (exact) mass is 416 g/mol. The minimum Gasteiger partial charge on any atom is -0.396 e. The Labute approximate surface area is 182 Å². The molecule has 1 amide bonds. The molecule has 0 radical (unpaired) electrons. The van der Waals surface area contributed by atoms with E-state index in [9.17, 15) is 9.90 Å². The van der Waals surface area contributed by atoms with Gasteiger partial charge in [0.05, 0.1) is 6.54 Å². The third-order valence-corrected chi connectivity index (χ3v) is 6.38. The predicted molar refractivity (Wildman–Crippen MR) is 124 cm³/mol. The highest BCUT2D eigenvalue weighted by Gasteiger charge is 2.25. The molecule has 2 rings (SSSR count). The van der Waals surface area contributed by atoms with Crippen LogP contribution >= 0.6 is 0 Å². The molecule has 0 bridgehead atoms. The number of piperidine rings is 1. The highest BCUT2D eigenvalue weighted by molar-refractivity contribution is 5.94. The van der Waals surface area contributed by atoms with E-state index < -0.39 is 0 Å². The largest absolute Gasteiger partial charge is 0.396 e. The maximum absolute atomic E-state index is 12.6. The van der Waals surface area contributed by atoms with Crippen LogP contribution in [0.15, 0.2) is 29.3 Å². The number of aliphatic imine (C=N–C) groups is 1. The van der Waals surface area contributed by atoms with Crippen molar-refractivity contribution in [3.8, 4) is 0 Å². The maximum Gasteiger partial charge on any atom is 0.253 e. The van der Waals surface area contributed by atoms with Crippen molar-refractivity contribution in [3.05, 3.63) is 35.4 Å². The molecule has 168 valence electrons. The summed E-state index contributed by atoms with van der Waals surface area (Å²) in [4.78, 5) is 19.3. The van der Waals surface area contributed by atoms with Gasteiger partial charge in [-0.1, -0.05) is 26.0 Å². The molecule has 6 nitrogen and oxygen atoms in total. The minimum absolute atomic E-state index is 0.0847. The van der Waals surface area contributed by atoms with Crippen molar-refractivity contribution in [3.63, 3.8) is 0 Å². The molecular formula is C24H40N4O2. The number of hydrogen-bond donors (Lipinski definition) is 3. The van der Waals surface area contributed by atoms with Gasteiger partial charge in [-0.15, -0.1) is 0 Å². The number of carbonyl (C=O) groups is 1. The van der Waals surface area contributed by atoms with Gasteiger partial charge in [-0.3, -0.25) is 4.79 Å². The highest BCUT2D eigenvalue weighted by atomic mass is 16.3. The van der Waals surface area contributed by atoms with Crippen molar-refractivity contribution >= 4 is 11.9 Å². The first kappa shape index (κ1) is 24.2. The molecule has 1 heterocycles. The van der Waals surface area contributed by atoms with Gasteiger partial charge in [0.25, 0.3) is 5.91 Å². The Morgan fingerprint density at radius 1 is 1.07 bits per heavy atom. The van der Waals surface area contributed by atoms with Gasteiger partial charge < -0.3 is 20.6 Å². The number of aliphatic hydroxyl groups is 1. The minimum atomic E-state index is 0.0847. The van der Waals surface area contributed by atoms with E-state index in [-0.39, 0.29) is 17.9 Å². The first-order valence-electron chi connectivity index (χ1n) is 11.6. The number of carbonyl (C=O) groups excluding carboxylic acids is 1. The van der Waals surface area contributed by atoms with Crippen molar-refractivity contribution in [2.45, 2.75) is 65.8 Å². The van der Waals surface area contributed by atoms with E-state index in [2.05, 4.69) is 31.4 Å². The van der Waals surface area contributed by atoms with Crippen LogP contribution in [0.1, 0.15) is 75.2 Å². The summed E-state index contributed by atoms with van der Waals surface area (Å²) < 4.78 is 0. The summed E-state index contributed by atoms with van der Waals surface area (Å²) >= 11 is 0. The Morgan fingerprint density at radius 3 is 2.30 bits per heavy atom. The van der Waals surface area contributed by atoms with E-state index in [0.29, 0.717) is 6.54 Å². The van der Waals surface area contributed by atoms with E-state index >= 15 is 0 Å². The van der Waals surface area contributed by atoms with Crippen molar-refractivity contribution in [1.82, 2.24) is 15.5 Å². The van der Waals surface area contributed by atoms with Crippen LogP contribution in [0.2, 0.25) is 0 Å². The normalized spacial score (nSPS) is 15.2. The molecule has 6 heteroatoms. The van der Waals surface area contributed by atoms with Gasteiger partial charge in [-0.2, -0.15) is 0 Å². The molecule has 0 saturated carbocycles. The molecule has 1 aromatic carbocycles. The Morgan fingerprint density at radius 2 is 1.73 bits per heavy atom. The Hall–Kier alpha value is -2.08. The van der Waals surface area contributed by atoms with Gasteiger partial charge in [-0.05, 0) is 68.6 Å². The van der Waals surface area contributed by atoms with Crippen molar-refractivity contribution in [2.75, 3.05) is 32.8 Å². The summed E-state index contributed by atoms with van der Waals surface area (Å²) in [6.45, 7) is 10.5. The average Bonchev–Trinajstić information content (AvgIpc) is 2.80. The molecule has 1 aliphatic heterocycles. The van der Waals surface area contributed by atoms with Crippen molar-refractivity contribution < 1.29 is 9.90 Å². The molecule has 0 aliphatic carbocycles. The molecule has 1 aliphatic rings. The lowest BCUT2D eigenvalue weighted by Crippen LogP contribution is -2.43. The van der Waals surface area contributed by atoms with Crippen molar-refractivity contribution in [1.29, 1.82) is 0 Å². The Kier molecular flexibility index (Phi) is 10.1. The molecule has 30 heavy (non-hydrogen) atoms. The molecular weight excluding hydrogens is 376 g/mol. The summed E-state index contributed by atoms with van der Waals surface area (Å²) in [5.74, 6) is 0.925. The predicted octanol–water partition coefficient (Wildman–Crippen LogP) is 3.56. The molecule has 1 fully saturated rings. The van der Waals surface area contributed by atoms with Gasteiger partial charge >= 0.3 is 0 Å². The summed E-state index contributed by atoms with van der Waals surface area (Å²) in [6, 6.07) is 7.84. The lowest BCUT2D eigenvalue weighted by Gasteiger charge is -2.32. The number of likely N-dealkylation sites (tertiary alicyclic amines) is 1. The van der Waals surface area contributed by atoms with Crippen LogP contribution in [0.25, 0.3) is 0 Å². The molecule has 0 spiro atoms. The second-order valence-corrected chi connectivity index (χ2v) is 8.28. The second-order valence-electron chi connectivity index (χ2n) is 8.28. The van der Waals surface area contributed by atoms with Crippen LogP contribution in [0.5, 0.6) is 0 Å². The summed E-state index contributed by atoms with van der Waals surface area (Å²) in [7, 11) is 0. The molecule has 3 N–H and O–H groups in total. The van der Waals surface area contributed by atoms with Gasteiger partial charge in [0.1, 0.15) is 0 Å². The fraction of sp³-hybridized carbons (Fsp3) is 0.667. The quantitative estimate of drug-likeness (QED) is 0.403. The first-order valence-corrected chi connectivity index (χ1v) is 11.6. The number of amides is 1. The molecule has 0 aromatic heterocycles. The van der Waals surface area contributed by atoms with E-state index in [1.165, 1.54) is 6.42 Å². The number of guanidine groups is 1. The molecule has 0 unspecified atom stereocenters. The average molecular weight is 417 g/mol. The number of nitrogens with one attached hydrogen (secondary N) is 2. The van der Waals surface area contributed by atoms with Gasteiger partial charge in [-0.25, -0.2) is 4.99 Å². The highest BCUT2D eigenvalue weighted by Crippen LogP contribution is 2.29. The Balaban J connectivity index is 1.97. The maximum atomic E-state index is 12.6. The zero-order chi connectivity index (χ0) is 21.8. The van der Waals surface area contributed by atoms with E-state index in [0.717, 1.165) is 75.4 Å². The van der Waals surface area contributed by atoms with Crippen LogP contribution in [0.3, 0.4) is 0 Å². The van der Waals surface area contributed by atoms with E-state index in [1.54, 1.807) is 0 Å². The van der Waals surface area contributed by atoms with Crippen LogP contribution in [-0.4, -0.2) is 54.7 Å². The first-order chi connectivity index (χ1) is 14.6. The standard InChI is InChI=1S/C24H40N4O2/c1-4-24(5-2,14-17-29)19-27-23(25-6-3)26-18-20-10-12-21(13-11-20)22(30)28-15-8-7-9-16-28/h10-13,29H,4-9,14-19H2,1-3H3,(H2,25,26,27). The topological polar surface area (TPSA) is 77.0 Å². The molecule has 0 atom stereocenters. The number of aliphatic hydroxyl groups excluding tert-OH is 1. The van der Waals surface area contributed by atoms with Crippen molar-refractivity contribution in [2.24, 2.45) is 10.4 Å². The van der Waals surface area contributed by atoms with Crippen LogP contribution in [0, 0.1) is 5.41 Å². The van der Waals surface area contributed by atoms with E-state index in [1.807, 2.05) is 29.2 Å². The third kappa shape index (κ3) is 7.01. The van der Waals surface area contributed by atoms with Gasteiger partial charge in [0, 0.05) is 38.3 Å². The summed E-state index contributed by atoms with van der Waals surface area (Å²) in [5, 5.41) is 16.2. The Bertz CT molecular complexity index is 662. The second kappa shape index (κ2) is 12.6. The number of rotatable bonds is 10. The van der Waals surface area contributed by atoms with Crippen LogP contribution < -0.4 is 10.6 Å². The molecule has 1 aromatic rings. The fourth-order valence-corrected chi connectivity index (χ4v) is 3.99. The number of hydrogen-bond acceptors (Lipinski definition) is 3. The lowest BCUT2D eigenvalue weighted by molar-refractivity contribution is 0.0724. The zero-order valence-corrected chi connectivity index (χ0v) is 19.0. The number of nitrogens with zero attached hydrogens (tertiary/aromatic N) is 2. The zero-order valence-electron chi connectivity index (χ0n) is 19.0. The third-order valence-electron chi connectivity index (χ3n) is 6.38. The molecule has 1 saturated heterocycles. The lowest BCUT2D eigenvalue weighted by atomic mass is 9.79. The smallest absolute Gasteiger partial charge is 0.253 e. The van der Waals surface area contributed by atoms with Crippen LogP contribution in [-0.2, 0) is 6.54 Å². The van der Waals surface area contributed by atoms with Gasteiger partial charge in [0.15, 0.2) is 5.96 Å². The SMILES string of the molecule is CCNC(=NCc1ccc(C(=O)N2CCCCC2)cc1)NCC(CC)(CC)CCO. The number of benzene rings is 1. The van der Waals surface area contributed by atoms with Crippen LogP contribution in [0.4, 0.5) is 0 Å². The van der Waals surface area contributed by atoms with E-state index in [4.69, 9.17) is 4.99 Å². The van der Waals surface area contributed by atoms with Gasteiger partial charge in [0.2, 0.25) is 0 Å². The summed E-state index contributed by atoms with van der Waals surface area (Å²) in [6.07, 6.45) is 6.26. The fourth-order valence-electron chi connectivity index (χ4n) is 3.99.